The van der Waals surface area contributed by atoms with Crippen molar-refractivity contribution in [2.24, 2.45) is 0 Å². The van der Waals surface area contributed by atoms with Gasteiger partial charge in [0.2, 0.25) is 0 Å². The van der Waals surface area contributed by atoms with E-state index in [9.17, 15) is 5.48 Å². The molecule has 0 saturated carbocycles. The summed E-state index contributed by atoms with van der Waals surface area (Å²) in [5, 5.41) is 4.25. The molecule has 0 unspecified atom stereocenters. The quantitative estimate of drug-likeness (QED) is 0.161. The molecule has 2 nitrogen and oxygen atoms in total. The maximum absolute atomic E-state index is 9.52. The molecule has 1 aromatic heterocycles. The standard InChI is InChI=1S/C52H36N2/c1-2-13-37(14-3-1)38-25-31-42(32-26-38)53(43-33-27-40(28-34-43)46-21-12-16-39-15-4-5-17-45(39)46)44-35-29-41(30-36-44)47-18-6-9-22-50(47)54-51-23-10-7-19-48(51)49-20-8-11-24-52(49)54/h1-36H/i27D,28D,33D,34D. The number of nitrogens with zero attached hydrogens (tertiary/aromatic N) is 2. The van der Waals surface area contributed by atoms with E-state index in [-0.39, 0.29) is 35.4 Å². The number of rotatable bonds is 7. The topological polar surface area (TPSA) is 8.17 Å². The van der Waals surface area contributed by atoms with Gasteiger partial charge in [0.1, 0.15) is 0 Å². The van der Waals surface area contributed by atoms with Crippen molar-refractivity contribution >= 4 is 49.6 Å². The second kappa shape index (κ2) is 13.4. The predicted molar refractivity (Wildman–Crippen MR) is 229 cm³/mol. The van der Waals surface area contributed by atoms with Gasteiger partial charge < -0.3 is 9.47 Å². The predicted octanol–water partition coefficient (Wildman–Crippen LogP) is 14.4. The summed E-state index contributed by atoms with van der Waals surface area (Å²) in [5.74, 6) is 0. The van der Waals surface area contributed by atoms with Crippen LogP contribution < -0.4 is 4.90 Å². The lowest BCUT2D eigenvalue weighted by Crippen LogP contribution is -2.09. The minimum Gasteiger partial charge on any atom is -0.311 e. The molecule has 0 amide bonds. The van der Waals surface area contributed by atoms with Crippen LogP contribution in [0.15, 0.2) is 218 Å². The average Bonchev–Trinajstić information content (AvgIpc) is 3.62. The van der Waals surface area contributed by atoms with Crippen molar-refractivity contribution in [1.29, 1.82) is 0 Å². The van der Waals surface area contributed by atoms with Gasteiger partial charge in [-0.2, -0.15) is 0 Å². The van der Waals surface area contributed by atoms with Gasteiger partial charge in [0.15, 0.2) is 0 Å². The molecule has 0 aliphatic carbocycles. The zero-order valence-electron chi connectivity index (χ0n) is 33.4. The van der Waals surface area contributed by atoms with Crippen LogP contribution in [-0.4, -0.2) is 4.57 Å². The van der Waals surface area contributed by atoms with E-state index in [1.54, 1.807) is 0 Å². The summed E-state index contributed by atoms with van der Waals surface area (Å²) < 4.78 is 40.1. The third kappa shape index (κ3) is 5.53. The zero-order valence-corrected chi connectivity index (χ0v) is 29.4. The van der Waals surface area contributed by atoms with Crippen molar-refractivity contribution in [2.45, 2.75) is 0 Å². The van der Waals surface area contributed by atoms with Gasteiger partial charge >= 0.3 is 0 Å². The molecule has 54 heavy (non-hydrogen) atoms. The van der Waals surface area contributed by atoms with E-state index in [0.29, 0.717) is 11.3 Å². The van der Waals surface area contributed by atoms with Crippen molar-refractivity contribution < 1.29 is 5.48 Å². The van der Waals surface area contributed by atoms with Crippen LogP contribution in [0.2, 0.25) is 0 Å². The largest absolute Gasteiger partial charge is 0.311 e. The summed E-state index contributed by atoms with van der Waals surface area (Å²) in [7, 11) is 0. The minimum atomic E-state index is -0.114. The fraction of sp³-hybridized carbons (Fsp3) is 0. The molecule has 1 heterocycles. The summed E-state index contributed by atoms with van der Waals surface area (Å²) >= 11 is 0. The first-order valence-corrected chi connectivity index (χ1v) is 18.2. The average molecular weight is 693 g/mol. The summed E-state index contributed by atoms with van der Waals surface area (Å²) in [6.07, 6.45) is 0. The van der Waals surface area contributed by atoms with E-state index in [2.05, 4.69) is 102 Å². The second-order valence-electron chi connectivity index (χ2n) is 13.4. The van der Waals surface area contributed by atoms with Gasteiger partial charge in [-0.3, -0.25) is 0 Å². The van der Waals surface area contributed by atoms with Crippen molar-refractivity contribution in [2.75, 3.05) is 4.90 Å². The fourth-order valence-corrected chi connectivity index (χ4v) is 7.72. The van der Waals surface area contributed by atoms with Gasteiger partial charge in [0.25, 0.3) is 0 Å². The molecule has 10 rings (SSSR count). The SMILES string of the molecule is [2H]c1c([2H])c(N(c2ccc(-c3ccccc3)cc2)c2ccc(-c3ccccc3-n3c4ccccc4c4ccccc43)cc2)c([2H])c([2H])c1-c1cccc2ccccc12. The Morgan fingerprint density at radius 3 is 1.52 bits per heavy atom. The van der Waals surface area contributed by atoms with E-state index in [0.717, 1.165) is 55.4 Å². The zero-order chi connectivity index (χ0) is 39.3. The highest BCUT2D eigenvalue weighted by molar-refractivity contribution is 6.09. The van der Waals surface area contributed by atoms with Gasteiger partial charge in [0, 0.05) is 33.4 Å². The third-order valence-corrected chi connectivity index (χ3v) is 10.3. The van der Waals surface area contributed by atoms with Gasteiger partial charge in [-0.25, -0.2) is 0 Å². The molecular formula is C52H36N2. The highest BCUT2D eigenvalue weighted by atomic mass is 15.1. The molecule has 0 spiro atoms. The van der Waals surface area contributed by atoms with Crippen LogP contribution >= 0.6 is 0 Å². The van der Waals surface area contributed by atoms with E-state index in [1.807, 2.05) is 102 Å². The number of para-hydroxylation sites is 3. The van der Waals surface area contributed by atoms with Gasteiger partial charge in [-0.1, -0.05) is 164 Å². The molecule has 0 atom stereocenters. The maximum atomic E-state index is 9.52. The Labute approximate surface area is 321 Å². The normalized spacial score (nSPS) is 12.4. The van der Waals surface area contributed by atoms with Gasteiger partial charge in [-0.15, -0.1) is 0 Å². The lowest BCUT2D eigenvalue weighted by molar-refractivity contribution is 1.18. The molecule has 0 N–H and O–H groups in total. The fourth-order valence-electron chi connectivity index (χ4n) is 7.72. The van der Waals surface area contributed by atoms with Gasteiger partial charge in [-0.05, 0) is 93.1 Å². The summed E-state index contributed by atoms with van der Waals surface area (Å²) in [5.41, 5.74) is 10.1. The van der Waals surface area contributed by atoms with Crippen LogP contribution in [0.3, 0.4) is 0 Å². The molecule has 10 aromatic rings. The Hall–Kier alpha value is -7.16. The highest BCUT2D eigenvalue weighted by Crippen LogP contribution is 2.40. The molecule has 0 fully saturated rings. The van der Waals surface area contributed by atoms with Crippen molar-refractivity contribution in [3.63, 3.8) is 0 Å². The van der Waals surface area contributed by atoms with Crippen LogP contribution in [-0.2, 0) is 0 Å². The number of benzene rings is 9. The van der Waals surface area contributed by atoms with Crippen molar-refractivity contribution in [3.05, 3.63) is 218 Å². The third-order valence-electron chi connectivity index (χ3n) is 10.3. The molecule has 0 aliphatic heterocycles. The highest BCUT2D eigenvalue weighted by Gasteiger charge is 2.17. The van der Waals surface area contributed by atoms with E-state index < -0.39 is 0 Å². The summed E-state index contributed by atoms with van der Waals surface area (Å²) in [6.45, 7) is 0. The van der Waals surface area contributed by atoms with E-state index >= 15 is 0 Å². The van der Waals surface area contributed by atoms with Crippen LogP contribution in [0, 0.1) is 0 Å². The number of hydrogen-bond donors (Lipinski definition) is 0. The maximum Gasteiger partial charge on any atom is 0.0645 e. The Bertz CT molecular complexity index is 3070. The number of fused-ring (bicyclic) bond motifs is 4. The molecule has 254 valence electrons. The first kappa shape index (κ1) is 27.5. The Morgan fingerprint density at radius 1 is 0.333 bits per heavy atom. The smallest absolute Gasteiger partial charge is 0.0645 e. The first-order chi connectivity index (χ1) is 28.5. The molecule has 2 heteroatoms. The molecule has 0 bridgehead atoms. The van der Waals surface area contributed by atoms with Crippen LogP contribution in [0.25, 0.3) is 71.6 Å². The monoisotopic (exact) mass is 692 g/mol. The number of aromatic nitrogens is 1. The van der Waals surface area contributed by atoms with Gasteiger partial charge in [0.05, 0.1) is 22.2 Å². The Morgan fingerprint density at radius 2 is 0.833 bits per heavy atom. The Balaban J connectivity index is 1.13. The second-order valence-corrected chi connectivity index (χ2v) is 13.4. The molecule has 0 aliphatic rings. The lowest BCUT2D eigenvalue weighted by Gasteiger charge is -2.26. The van der Waals surface area contributed by atoms with Crippen molar-refractivity contribution in [1.82, 2.24) is 4.57 Å². The Kier molecular flexibility index (Phi) is 6.84. The van der Waals surface area contributed by atoms with Crippen molar-refractivity contribution in [3.8, 4) is 39.1 Å². The first-order valence-electron chi connectivity index (χ1n) is 20.2. The number of anilines is 3. The van der Waals surface area contributed by atoms with E-state index in [1.165, 1.54) is 10.8 Å². The number of hydrogen-bond acceptors (Lipinski definition) is 1. The molecular weight excluding hydrogens is 653 g/mol. The molecule has 0 saturated heterocycles. The van der Waals surface area contributed by atoms with Crippen LogP contribution in [0.4, 0.5) is 17.1 Å². The lowest BCUT2D eigenvalue weighted by atomic mass is 9.98. The minimum absolute atomic E-state index is 0.0880. The summed E-state index contributed by atoms with van der Waals surface area (Å²) in [4.78, 5) is 1.85. The summed E-state index contributed by atoms with van der Waals surface area (Å²) in [6, 6.07) is 65.0. The van der Waals surface area contributed by atoms with Crippen LogP contribution in [0.1, 0.15) is 5.48 Å². The van der Waals surface area contributed by atoms with E-state index in [4.69, 9.17) is 0 Å². The van der Waals surface area contributed by atoms with Crippen LogP contribution in [0.5, 0.6) is 0 Å². The molecule has 0 radical (unpaired) electrons. The molecule has 9 aromatic carbocycles.